The van der Waals surface area contributed by atoms with E-state index in [0.717, 1.165) is 16.5 Å². The van der Waals surface area contributed by atoms with Crippen LogP contribution >= 0.6 is 0 Å². The molecule has 3 aromatic rings. The van der Waals surface area contributed by atoms with Crippen molar-refractivity contribution < 1.29 is 14.8 Å². The number of nitro benzene ring substituents is 1. The summed E-state index contributed by atoms with van der Waals surface area (Å²) in [6, 6.07) is 13.4. The molecule has 0 aliphatic rings. The molecule has 0 spiro atoms. The van der Waals surface area contributed by atoms with Crippen LogP contribution in [-0.4, -0.2) is 26.5 Å². The summed E-state index contributed by atoms with van der Waals surface area (Å²) in [7, 11) is 0. The number of carboxylic acid groups (broad SMARTS) is 1. The molecule has 0 saturated heterocycles. The topological polar surface area (TPSA) is 122 Å². The number of fused-ring (bicyclic) bond motifs is 1. The molecular weight excluding hydrogens is 322 g/mol. The van der Waals surface area contributed by atoms with Gasteiger partial charge in [-0.2, -0.15) is 0 Å². The second kappa shape index (κ2) is 6.37. The van der Waals surface area contributed by atoms with Gasteiger partial charge in [0.25, 0.3) is 5.69 Å². The van der Waals surface area contributed by atoms with E-state index in [2.05, 4.69) is 4.98 Å². The summed E-state index contributed by atoms with van der Waals surface area (Å²) in [4.78, 5) is 25.2. The lowest BCUT2D eigenvalue weighted by atomic mass is 9.85. The lowest BCUT2D eigenvalue weighted by molar-refractivity contribution is -0.384. The number of aliphatic carboxylic acids is 1. The van der Waals surface area contributed by atoms with E-state index in [1.54, 1.807) is 6.20 Å². The Kier molecular flexibility index (Phi) is 4.24. The third kappa shape index (κ3) is 3.36. The number of carbonyl (C=O) groups is 1. The Morgan fingerprint density at radius 3 is 2.48 bits per heavy atom. The maximum Gasteiger partial charge on any atom is 0.324 e. The Balaban J connectivity index is 1.88. The average molecular weight is 339 g/mol. The van der Waals surface area contributed by atoms with Gasteiger partial charge >= 0.3 is 5.97 Å². The molecule has 0 aliphatic heterocycles. The number of para-hydroxylation sites is 1. The lowest BCUT2D eigenvalue weighted by Crippen LogP contribution is -2.51. The highest BCUT2D eigenvalue weighted by atomic mass is 16.6. The minimum absolute atomic E-state index is 0.0432. The number of nitrogens with two attached hydrogens (primary N) is 1. The first-order valence-electron chi connectivity index (χ1n) is 7.70. The second-order valence-corrected chi connectivity index (χ2v) is 6.10. The first-order chi connectivity index (χ1) is 11.9. The van der Waals surface area contributed by atoms with E-state index in [0.29, 0.717) is 5.56 Å². The highest BCUT2D eigenvalue weighted by Gasteiger charge is 2.35. The van der Waals surface area contributed by atoms with Crippen LogP contribution in [0.25, 0.3) is 10.9 Å². The third-order valence-corrected chi connectivity index (χ3v) is 4.27. The molecule has 1 unspecified atom stereocenters. The van der Waals surface area contributed by atoms with Crippen LogP contribution in [-0.2, 0) is 17.6 Å². The Morgan fingerprint density at radius 1 is 1.16 bits per heavy atom. The second-order valence-electron chi connectivity index (χ2n) is 6.10. The van der Waals surface area contributed by atoms with E-state index >= 15 is 0 Å². The number of nitro groups is 1. The summed E-state index contributed by atoms with van der Waals surface area (Å²) in [6.45, 7) is 0. The normalized spacial score (nSPS) is 13.5. The molecule has 1 heterocycles. The van der Waals surface area contributed by atoms with E-state index in [4.69, 9.17) is 5.73 Å². The number of nitrogens with one attached hydrogen (secondary N) is 1. The van der Waals surface area contributed by atoms with Crippen LogP contribution in [0.2, 0.25) is 0 Å². The number of rotatable bonds is 6. The highest BCUT2D eigenvalue weighted by Crippen LogP contribution is 2.24. The smallest absolute Gasteiger partial charge is 0.324 e. The van der Waals surface area contributed by atoms with Crippen LogP contribution in [0.15, 0.2) is 54.7 Å². The van der Waals surface area contributed by atoms with E-state index in [-0.39, 0.29) is 18.5 Å². The van der Waals surface area contributed by atoms with E-state index < -0.39 is 16.4 Å². The third-order valence-electron chi connectivity index (χ3n) is 4.27. The van der Waals surface area contributed by atoms with Crippen molar-refractivity contribution in [2.24, 2.45) is 5.73 Å². The Morgan fingerprint density at radius 2 is 1.84 bits per heavy atom. The summed E-state index contributed by atoms with van der Waals surface area (Å²) in [5.74, 6) is -1.11. The van der Waals surface area contributed by atoms with Gasteiger partial charge in [-0.3, -0.25) is 14.9 Å². The van der Waals surface area contributed by atoms with Gasteiger partial charge < -0.3 is 15.8 Å². The van der Waals surface area contributed by atoms with E-state index in [1.165, 1.54) is 24.3 Å². The maximum absolute atomic E-state index is 11.8. The van der Waals surface area contributed by atoms with Gasteiger partial charge in [0.2, 0.25) is 0 Å². The summed E-state index contributed by atoms with van der Waals surface area (Å²) >= 11 is 0. The van der Waals surface area contributed by atoms with Crippen molar-refractivity contribution in [3.05, 3.63) is 76.0 Å². The van der Waals surface area contributed by atoms with Crippen molar-refractivity contribution in [3.63, 3.8) is 0 Å². The molecule has 7 heteroatoms. The molecule has 4 N–H and O–H groups in total. The van der Waals surface area contributed by atoms with Crippen molar-refractivity contribution in [3.8, 4) is 0 Å². The summed E-state index contributed by atoms with van der Waals surface area (Å²) in [6.07, 6.45) is 1.98. The molecule has 0 aliphatic carbocycles. The van der Waals surface area contributed by atoms with Crippen LogP contribution < -0.4 is 5.73 Å². The van der Waals surface area contributed by atoms with Crippen LogP contribution in [0.3, 0.4) is 0 Å². The molecule has 128 valence electrons. The highest BCUT2D eigenvalue weighted by molar-refractivity contribution is 5.85. The molecule has 3 rings (SSSR count). The zero-order chi connectivity index (χ0) is 18.0. The Labute approximate surface area is 143 Å². The zero-order valence-electron chi connectivity index (χ0n) is 13.3. The lowest BCUT2D eigenvalue weighted by Gasteiger charge is -2.24. The van der Waals surface area contributed by atoms with Crippen LogP contribution in [0.4, 0.5) is 5.69 Å². The summed E-state index contributed by atoms with van der Waals surface area (Å²) < 4.78 is 0. The molecule has 2 aromatic carbocycles. The van der Waals surface area contributed by atoms with Gasteiger partial charge in [-0.25, -0.2) is 0 Å². The number of non-ortho nitro benzene ring substituents is 1. The number of benzene rings is 2. The van der Waals surface area contributed by atoms with Crippen molar-refractivity contribution in [1.82, 2.24) is 4.98 Å². The van der Waals surface area contributed by atoms with Gasteiger partial charge in [0.15, 0.2) is 0 Å². The number of hydrogen-bond donors (Lipinski definition) is 3. The van der Waals surface area contributed by atoms with Crippen molar-refractivity contribution in [1.29, 1.82) is 0 Å². The van der Waals surface area contributed by atoms with Crippen molar-refractivity contribution in [2.45, 2.75) is 18.4 Å². The zero-order valence-corrected chi connectivity index (χ0v) is 13.3. The van der Waals surface area contributed by atoms with Gasteiger partial charge in [-0.1, -0.05) is 30.3 Å². The Hall–Kier alpha value is -3.19. The fraction of sp³-hybridized carbons (Fsp3) is 0.167. The number of carboxylic acids is 1. The summed E-state index contributed by atoms with van der Waals surface area (Å²) in [5, 5.41) is 21.3. The quantitative estimate of drug-likeness (QED) is 0.471. The molecule has 7 nitrogen and oxygen atoms in total. The molecule has 25 heavy (non-hydrogen) atoms. The molecule has 1 aromatic heterocycles. The van der Waals surface area contributed by atoms with Crippen LogP contribution in [0, 0.1) is 10.1 Å². The first-order valence-corrected chi connectivity index (χ1v) is 7.70. The number of aromatic nitrogens is 1. The molecule has 1 atom stereocenters. The fourth-order valence-corrected chi connectivity index (χ4v) is 2.93. The average Bonchev–Trinajstić information content (AvgIpc) is 2.98. The molecule has 0 radical (unpaired) electrons. The summed E-state index contributed by atoms with van der Waals surface area (Å²) in [5.41, 5.74) is 7.02. The fourth-order valence-electron chi connectivity index (χ4n) is 2.93. The minimum Gasteiger partial charge on any atom is -0.480 e. The van der Waals surface area contributed by atoms with Crippen LogP contribution in [0.1, 0.15) is 11.1 Å². The molecule has 0 bridgehead atoms. The molecule has 0 amide bonds. The maximum atomic E-state index is 11.8. The Bertz CT molecular complexity index is 933. The van der Waals surface area contributed by atoms with E-state index in [1.807, 2.05) is 24.3 Å². The predicted molar refractivity (Wildman–Crippen MR) is 93.4 cm³/mol. The SMILES string of the molecule is NC(Cc1ccc([N+](=O)[O-])cc1)(Cc1c[nH]c2ccccc12)C(=O)O. The van der Waals surface area contributed by atoms with Gasteiger partial charge in [0.1, 0.15) is 5.54 Å². The monoisotopic (exact) mass is 339 g/mol. The standard InChI is InChI=1S/C18H17N3O4/c19-18(17(22)23,9-12-5-7-14(8-6-12)21(24)25)10-13-11-20-16-4-2-1-3-15(13)16/h1-8,11,20H,9-10,19H2,(H,22,23). The van der Waals surface area contributed by atoms with Gasteiger partial charge in [0.05, 0.1) is 4.92 Å². The van der Waals surface area contributed by atoms with E-state index in [9.17, 15) is 20.0 Å². The molecular formula is C18H17N3O4. The van der Waals surface area contributed by atoms with Gasteiger partial charge in [0, 0.05) is 42.1 Å². The molecule has 0 fully saturated rings. The number of nitrogens with zero attached hydrogens (tertiary/aromatic N) is 1. The van der Waals surface area contributed by atoms with Crippen LogP contribution in [0.5, 0.6) is 0 Å². The van der Waals surface area contributed by atoms with Gasteiger partial charge in [-0.05, 0) is 17.2 Å². The minimum atomic E-state index is -1.51. The number of hydrogen-bond acceptors (Lipinski definition) is 4. The van der Waals surface area contributed by atoms with Crippen molar-refractivity contribution in [2.75, 3.05) is 0 Å². The number of aromatic amines is 1. The largest absolute Gasteiger partial charge is 0.480 e. The van der Waals surface area contributed by atoms with Gasteiger partial charge in [-0.15, -0.1) is 0 Å². The predicted octanol–water partition coefficient (Wildman–Crippen LogP) is 2.64. The van der Waals surface area contributed by atoms with Crippen molar-refractivity contribution >= 4 is 22.6 Å². The first kappa shape index (κ1) is 16.7. The number of H-pyrrole nitrogens is 1. The molecule has 0 saturated carbocycles.